The topological polar surface area (TPSA) is 57.5 Å². The minimum Gasteiger partial charge on any atom is -0.468 e. The molecule has 1 aliphatic heterocycles. The molecule has 1 atom stereocenters. The van der Waals surface area contributed by atoms with Gasteiger partial charge in [0.2, 0.25) is 0 Å². The molecule has 1 aromatic heterocycles. The number of hydrogen-bond donors (Lipinski definition) is 2. The fourth-order valence-corrected chi connectivity index (χ4v) is 3.95. The van der Waals surface area contributed by atoms with E-state index < -0.39 is 0 Å². The van der Waals surface area contributed by atoms with Crippen molar-refractivity contribution in [1.82, 2.24) is 15.5 Å². The van der Waals surface area contributed by atoms with E-state index in [4.69, 9.17) is 4.42 Å². The molecule has 1 saturated heterocycles. The molecule has 24 heavy (non-hydrogen) atoms. The van der Waals surface area contributed by atoms with Gasteiger partial charge in [-0.15, -0.1) is 0 Å². The van der Waals surface area contributed by atoms with Gasteiger partial charge in [-0.3, -0.25) is 4.90 Å². The fraction of sp³-hybridized carbons (Fsp3) is 0.737. The maximum atomic E-state index is 12.3. The monoisotopic (exact) mass is 333 g/mol. The quantitative estimate of drug-likeness (QED) is 0.864. The summed E-state index contributed by atoms with van der Waals surface area (Å²) < 4.78 is 5.63. The van der Waals surface area contributed by atoms with Crippen molar-refractivity contribution in [2.75, 3.05) is 19.6 Å². The van der Waals surface area contributed by atoms with Crippen molar-refractivity contribution in [2.45, 2.75) is 64.0 Å². The van der Waals surface area contributed by atoms with Gasteiger partial charge < -0.3 is 15.1 Å². The molecule has 3 rings (SSSR count). The molecule has 5 heteroatoms. The summed E-state index contributed by atoms with van der Waals surface area (Å²) >= 11 is 0. The van der Waals surface area contributed by atoms with Gasteiger partial charge in [0.15, 0.2) is 0 Å². The van der Waals surface area contributed by atoms with Crippen molar-refractivity contribution in [1.29, 1.82) is 0 Å². The maximum absolute atomic E-state index is 12.3. The number of furan rings is 1. The molecular weight excluding hydrogens is 302 g/mol. The number of urea groups is 1. The Hall–Kier alpha value is -1.49. The lowest BCUT2D eigenvalue weighted by Gasteiger charge is -2.33. The van der Waals surface area contributed by atoms with Crippen LogP contribution in [0.15, 0.2) is 22.8 Å². The lowest BCUT2D eigenvalue weighted by molar-refractivity contribution is 0.143. The van der Waals surface area contributed by atoms with E-state index in [0.29, 0.717) is 12.6 Å². The molecule has 0 radical (unpaired) electrons. The predicted octanol–water partition coefficient (Wildman–Crippen LogP) is 3.68. The molecule has 2 heterocycles. The van der Waals surface area contributed by atoms with Crippen molar-refractivity contribution in [2.24, 2.45) is 5.92 Å². The summed E-state index contributed by atoms with van der Waals surface area (Å²) in [5.74, 6) is 1.75. The van der Waals surface area contributed by atoms with Gasteiger partial charge in [0, 0.05) is 12.6 Å². The Kier molecular flexibility index (Phi) is 6.18. The van der Waals surface area contributed by atoms with Crippen LogP contribution in [0.2, 0.25) is 0 Å². The number of nitrogens with zero attached hydrogens (tertiary/aromatic N) is 1. The number of hydrogen-bond acceptors (Lipinski definition) is 3. The molecule has 0 spiro atoms. The zero-order valence-electron chi connectivity index (χ0n) is 14.8. The van der Waals surface area contributed by atoms with E-state index in [-0.39, 0.29) is 12.1 Å². The van der Waals surface area contributed by atoms with Crippen LogP contribution in [0.5, 0.6) is 0 Å². The normalized spacial score (nSPS) is 26.7. The summed E-state index contributed by atoms with van der Waals surface area (Å²) in [6, 6.07) is 4.37. The first kappa shape index (κ1) is 17.3. The second kappa shape index (κ2) is 8.56. The van der Waals surface area contributed by atoms with E-state index >= 15 is 0 Å². The highest BCUT2D eigenvalue weighted by atomic mass is 16.3. The average molecular weight is 333 g/mol. The first-order valence-corrected chi connectivity index (χ1v) is 9.54. The number of amides is 2. The van der Waals surface area contributed by atoms with E-state index in [1.807, 2.05) is 12.1 Å². The van der Waals surface area contributed by atoms with Crippen LogP contribution < -0.4 is 10.6 Å². The van der Waals surface area contributed by atoms with E-state index in [9.17, 15) is 4.79 Å². The fourth-order valence-electron chi connectivity index (χ4n) is 3.95. The largest absolute Gasteiger partial charge is 0.468 e. The zero-order chi connectivity index (χ0) is 16.8. The van der Waals surface area contributed by atoms with E-state index in [1.54, 1.807) is 6.26 Å². The van der Waals surface area contributed by atoms with Gasteiger partial charge in [-0.05, 0) is 69.7 Å². The Bertz CT molecular complexity index is 489. The van der Waals surface area contributed by atoms with Crippen molar-refractivity contribution in [3.8, 4) is 0 Å². The smallest absolute Gasteiger partial charge is 0.315 e. The van der Waals surface area contributed by atoms with E-state index in [2.05, 4.69) is 22.5 Å². The van der Waals surface area contributed by atoms with Crippen LogP contribution in [-0.2, 0) is 0 Å². The second-order valence-electron chi connectivity index (χ2n) is 7.44. The molecule has 0 aromatic carbocycles. The molecule has 0 bridgehead atoms. The summed E-state index contributed by atoms with van der Waals surface area (Å²) in [4.78, 5) is 14.7. The molecule has 1 aromatic rings. The van der Waals surface area contributed by atoms with Gasteiger partial charge in [-0.2, -0.15) is 0 Å². The maximum Gasteiger partial charge on any atom is 0.315 e. The molecule has 5 nitrogen and oxygen atoms in total. The Morgan fingerprint density at radius 2 is 2.00 bits per heavy atom. The summed E-state index contributed by atoms with van der Waals surface area (Å²) in [7, 11) is 0. The highest BCUT2D eigenvalue weighted by Crippen LogP contribution is 2.25. The van der Waals surface area contributed by atoms with Crippen molar-refractivity contribution >= 4 is 6.03 Å². The molecular formula is C19H31N3O2. The highest BCUT2D eigenvalue weighted by Gasteiger charge is 2.25. The number of rotatable bonds is 5. The van der Waals surface area contributed by atoms with Gasteiger partial charge in [-0.1, -0.05) is 13.3 Å². The Labute approximate surface area is 145 Å². The molecule has 1 saturated carbocycles. The van der Waals surface area contributed by atoms with Gasteiger partial charge in [0.1, 0.15) is 5.76 Å². The lowest BCUT2D eigenvalue weighted by atomic mass is 9.87. The Balaban J connectivity index is 1.50. The third-order valence-electron chi connectivity index (χ3n) is 5.51. The number of piperidine rings is 1. The number of carbonyl (C=O) groups is 1. The van der Waals surface area contributed by atoms with Gasteiger partial charge in [0.25, 0.3) is 0 Å². The number of likely N-dealkylation sites (tertiary alicyclic amines) is 1. The molecule has 2 fully saturated rings. The minimum atomic E-state index is -0.0388. The second-order valence-corrected chi connectivity index (χ2v) is 7.44. The first-order chi connectivity index (χ1) is 11.7. The third kappa shape index (κ3) is 4.76. The Morgan fingerprint density at radius 1 is 1.25 bits per heavy atom. The number of nitrogens with one attached hydrogen (secondary N) is 2. The van der Waals surface area contributed by atoms with Crippen LogP contribution in [0, 0.1) is 5.92 Å². The van der Waals surface area contributed by atoms with Gasteiger partial charge in [-0.25, -0.2) is 4.79 Å². The molecule has 2 aliphatic rings. The SMILES string of the molecule is CC1CCC(NC(=O)NCC(c2ccco2)N2CCCCC2)CC1. The summed E-state index contributed by atoms with van der Waals surface area (Å²) in [5.41, 5.74) is 0. The minimum absolute atomic E-state index is 0.0388. The zero-order valence-corrected chi connectivity index (χ0v) is 14.8. The summed E-state index contributed by atoms with van der Waals surface area (Å²) in [5, 5.41) is 6.22. The number of carbonyl (C=O) groups excluding carboxylic acids is 1. The van der Waals surface area contributed by atoms with Crippen LogP contribution in [0.25, 0.3) is 0 Å². The summed E-state index contributed by atoms with van der Waals surface area (Å²) in [6.07, 6.45) is 10.1. The van der Waals surface area contributed by atoms with E-state index in [1.165, 1.54) is 32.1 Å². The molecule has 1 aliphatic carbocycles. The van der Waals surface area contributed by atoms with Crippen LogP contribution in [0.1, 0.15) is 63.7 Å². The lowest BCUT2D eigenvalue weighted by Crippen LogP contribution is -2.47. The van der Waals surface area contributed by atoms with Crippen molar-refractivity contribution in [3.05, 3.63) is 24.2 Å². The van der Waals surface area contributed by atoms with Crippen LogP contribution in [0.3, 0.4) is 0 Å². The molecule has 2 N–H and O–H groups in total. The average Bonchev–Trinajstić information content (AvgIpc) is 3.12. The predicted molar refractivity (Wildman–Crippen MR) is 94.8 cm³/mol. The molecule has 134 valence electrons. The van der Waals surface area contributed by atoms with Crippen molar-refractivity contribution in [3.63, 3.8) is 0 Å². The van der Waals surface area contributed by atoms with Gasteiger partial charge >= 0.3 is 6.03 Å². The third-order valence-corrected chi connectivity index (χ3v) is 5.51. The van der Waals surface area contributed by atoms with Crippen LogP contribution in [0.4, 0.5) is 4.79 Å². The molecule has 1 unspecified atom stereocenters. The van der Waals surface area contributed by atoms with Crippen molar-refractivity contribution < 1.29 is 9.21 Å². The summed E-state index contributed by atoms with van der Waals surface area (Å²) in [6.45, 7) is 5.05. The highest BCUT2D eigenvalue weighted by molar-refractivity contribution is 5.74. The molecule has 2 amide bonds. The van der Waals surface area contributed by atoms with E-state index in [0.717, 1.165) is 37.6 Å². The standard InChI is InChI=1S/C19H31N3O2/c1-15-7-9-16(10-8-15)21-19(23)20-14-17(18-6-5-13-24-18)22-11-3-2-4-12-22/h5-6,13,15-17H,2-4,7-12,14H2,1H3,(H2,20,21,23). The van der Waals surface area contributed by atoms with Crippen LogP contribution in [-0.4, -0.2) is 36.6 Å². The Morgan fingerprint density at radius 3 is 2.67 bits per heavy atom. The van der Waals surface area contributed by atoms with Gasteiger partial charge in [0.05, 0.1) is 12.3 Å². The van der Waals surface area contributed by atoms with Crippen LogP contribution >= 0.6 is 0 Å². The first-order valence-electron chi connectivity index (χ1n) is 9.54.